The summed E-state index contributed by atoms with van der Waals surface area (Å²) in [6.07, 6.45) is 0.832. The van der Waals surface area contributed by atoms with Crippen LogP contribution in [0.1, 0.15) is 12.0 Å². The largest absolute Gasteiger partial charge is 0.392 e. The Labute approximate surface area is 93.6 Å². The van der Waals surface area contributed by atoms with Crippen molar-refractivity contribution < 1.29 is 5.11 Å². The van der Waals surface area contributed by atoms with E-state index in [4.69, 9.17) is 28.9 Å². The van der Waals surface area contributed by atoms with Gasteiger partial charge < -0.3 is 10.8 Å². The molecular formula is C10H13Cl2NO. The van der Waals surface area contributed by atoms with Gasteiger partial charge in [-0.1, -0.05) is 35.3 Å². The molecule has 0 fully saturated rings. The molecule has 0 spiro atoms. The van der Waals surface area contributed by atoms with Gasteiger partial charge in [0.05, 0.1) is 16.1 Å². The normalized spacial score (nSPS) is 12.9. The number of halogens is 2. The van der Waals surface area contributed by atoms with Crippen molar-refractivity contribution in [1.82, 2.24) is 0 Å². The Morgan fingerprint density at radius 2 is 2.07 bits per heavy atom. The lowest BCUT2D eigenvalue weighted by Crippen LogP contribution is -2.20. The summed E-state index contributed by atoms with van der Waals surface area (Å²) < 4.78 is 0. The molecule has 1 unspecified atom stereocenters. The second-order valence-electron chi connectivity index (χ2n) is 3.14. The zero-order valence-electron chi connectivity index (χ0n) is 7.71. The summed E-state index contributed by atoms with van der Waals surface area (Å²) in [5.41, 5.74) is 6.25. The summed E-state index contributed by atoms with van der Waals surface area (Å²) in [6, 6.07) is 5.49. The van der Waals surface area contributed by atoms with Crippen molar-refractivity contribution in [3.63, 3.8) is 0 Å². The zero-order chi connectivity index (χ0) is 10.6. The topological polar surface area (TPSA) is 46.2 Å². The molecule has 0 amide bonds. The Hall–Kier alpha value is -0.280. The summed E-state index contributed by atoms with van der Waals surface area (Å²) in [6.45, 7) is 0.276. The van der Waals surface area contributed by atoms with Crippen molar-refractivity contribution in [2.24, 2.45) is 5.73 Å². The van der Waals surface area contributed by atoms with Crippen LogP contribution in [-0.2, 0) is 6.42 Å². The summed E-state index contributed by atoms with van der Waals surface area (Å²) >= 11 is 11.8. The van der Waals surface area contributed by atoms with Crippen molar-refractivity contribution in [3.8, 4) is 0 Å². The molecular weight excluding hydrogens is 221 g/mol. The minimum atomic E-state index is -0.468. The number of hydrogen-bond acceptors (Lipinski definition) is 2. The fourth-order valence-electron chi connectivity index (χ4n) is 1.18. The average Bonchev–Trinajstić information content (AvgIpc) is 2.20. The summed E-state index contributed by atoms with van der Waals surface area (Å²) in [7, 11) is 0. The zero-order valence-corrected chi connectivity index (χ0v) is 9.22. The van der Waals surface area contributed by atoms with Crippen LogP contribution in [0.5, 0.6) is 0 Å². The molecule has 0 saturated heterocycles. The van der Waals surface area contributed by atoms with Gasteiger partial charge in [0.15, 0.2) is 0 Å². The Bertz CT molecular complexity index is 304. The average molecular weight is 234 g/mol. The molecule has 14 heavy (non-hydrogen) atoms. The minimum absolute atomic E-state index is 0.276. The number of aliphatic hydroxyl groups excluding tert-OH is 1. The van der Waals surface area contributed by atoms with E-state index < -0.39 is 6.10 Å². The Morgan fingerprint density at radius 3 is 2.71 bits per heavy atom. The van der Waals surface area contributed by atoms with Gasteiger partial charge in [-0.25, -0.2) is 0 Å². The molecule has 1 aromatic rings. The van der Waals surface area contributed by atoms with Gasteiger partial charge in [0, 0.05) is 6.54 Å². The molecule has 1 aromatic carbocycles. The first-order chi connectivity index (χ1) is 6.65. The molecule has 0 aromatic heterocycles. The minimum Gasteiger partial charge on any atom is -0.392 e. The molecule has 0 aliphatic rings. The van der Waals surface area contributed by atoms with Crippen molar-refractivity contribution in [3.05, 3.63) is 33.8 Å². The van der Waals surface area contributed by atoms with Crippen molar-refractivity contribution in [2.45, 2.75) is 18.9 Å². The molecule has 0 heterocycles. The van der Waals surface area contributed by atoms with Crippen molar-refractivity contribution in [2.75, 3.05) is 6.54 Å². The smallest absolute Gasteiger partial charge is 0.0665 e. The van der Waals surface area contributed by atoms with Crippen LogP contribution < -0.4 is 5.73 Å². The Kier molecular flexibility index (Phi) is 4.69. The lowest BCUT2D eigenvalue weighted by molar-refractivity contribution is 0.173. The fraction of sp³-hybridized carbons (Fsp3) is 0.400. The molecule has 0 saturated carbocycles. The van der Waals surface area contributed by atoms with Gasteiger partial charge in [-0.3, -0.25) is 0 Å². The molecule has 4 heteroatoms. The first-order valence-electron chi connectivity index (χ1n) is 4.46. The number of benzene rings is 1. The van der Waals surface area contributed by atoms with Gasteiger partial charge in [-0.05, 0) is 24.5 Å². The van der Waals surface area contributed by atoms with Gasteiger partial charge >= 0.3 is 0 Å². The fourth-order valence-corrected chi connectivity index (χ4v) is 1.60. The first-order valence-corrected chi connectivity index (χ1v) is 5.21. The van der Waals surface area contributed by atoms with Crippen LogP contribution in [-0.4, -0.2) is 17.8 Å². The molecule has 0 bridgehead atoms. The van der Waals surface area contributed by atoms with Crippen LogP contribution in [0.4, 0.5) is 0 Å². The molecule has 1 rings (SSSR count). The summed E-state index contributed by atoms with van der Waals surface area (Å²) in [5.74, 6) is 0. The SMILES string of the molecule is NCC(O)CCc1cccc(Cl)c1Cl. The van der Waals surface area contributed by atoms with E-state index in [-0.39, 0.29) is 6.54 Å². The second kappa shape index (κ2) is 5.56. The molecule has 1 atom stereocenters. The van der Waals surface area contributed by atoms with Gasteiger partial charge in [-0.15, -0.1) is 0 Å². The standard InChI is InChI=1S/C10H13Cl2NO/c11-9-3-1-2-7(10(9)12)4-5-8(14)6-13/h1-3,8,14H,4-6,13H2. The van der Waals surface area contributed by atoms with E-state index in [0.717, 1.165) is 5.56 Å². The third kappa shape index (κ3) is 3.14. The number of hydrogen-bond donors (Lipinski definition) is 2. The van der Waals surface area contributed by atoms with Crippen LogP contribution in [0.3, 0.4) is 0 Å². The van der Waals surface area contributed by atoms with Crippen LogP contribution in [0.25, 0.3) is 0 Å². The highest BCUT2D eigenvalue weighted by atomic mass is 35.5. The molecule has 0 aliphatic carbocycles. The third-order valence-corrected chi connectivity index (χ3v) is 2.91. The van der Waals surface area contributed by atoms with E-state index in [9.17, 15) is 5.11 Å². The lowest BCUT2D eigenvalue weighted by atomic mass is 10.1. The van der Waals surface area contributed by atoms with Gasteiger partial charge in [0.2, 0.25) is 0 Å². The number of rotatable bonds is 4. The predicted molar refractivity (Wildman–Crippen MR) is 59.8 cm³/mol. The van der Waals surface area contributed by atoms with Gasteiger partial charge in [0.25, 0.3) is 0 Å². The van der Waals surface area contributed by atoms with E-state index >= 15 is 0 Å². The highest BCUT2D eigenvalue weighted by molar-refractivity contribution is 6.42. The monoisotopic (exact) mass is 233 g/mol. The van der Waals surface area contributed by atoms with Crippen LogP contribution in [0.2, 0.25) is 10.0 Å². The molecule has 78 valence electrons. The van der Waals surface area contributed by atoms with Gasteiger partial charge in [0.1, 0.15) is 0 Å². The maximum Gasteiger partial charge on any atom is 0.0665 e. The maximum atomic E-state index is 9.28. The van der Waals surface area contributed by atoms with E-state index in [1.165, 1.54) is 0 Å². The second-order valence-corrected chi connectivity index (χ2v) is 3.93. The van der Waals surface area contributed by atoms with Gasteiger partial charge in [-0.2, -0.15) is 0 Å². The highest BCUT2D eigenvalue weighted by Gasteiger charge is 2.06. The Balaban J connectivity index is 2.63. The lowest BCUT2D eigenvalue weighted by Gasteiger charge is -2.09. The summed E-state index contributed by atoms with van der Waals surface area (Å²) in [4.78, 5) is 0. The van der Waals surface area contributed by atoms with Crippen LogP contribution in [0, 0.1) is 0 Å². The quantitative estimate of drug-likeness (QED) is 0.839. The van der Waals surface area contributed by atoms with E-state index in [2.05, 4.69) is 0 Å². The Morgan fingerprint density at radius 1 is 1.36 bits per heavy atom. The maximum absolute atomic E-state index is 9.28. The first kappa shape index (κ1) is 11.8. The van der Waals surface area contributed by atoms with Crippen LogP contribution in [0.15, 0.2) is 18.2 Å². The number of nitrogens with two attached hydrogens (primary N) is 1. The third-order valence-electron chi connectivity index (χ3n) is 2.05. The van der Waals surface area contributed by atoms with E-state index in [0.29, 0.717) is 22.9 Å². The molecule has 0 aliphatic heterocycles. The predicted octanol–water partition coefficient (Wildman–Crippen LogP) is 2.25. The summed E-state index contributed by atoms with van der Waals surface area (Å²) in [5, 5.41) is 10.4. The highest BCUT2D eigenvalue weighted by Crippen LogP contribution is 2.26. The molecule has 0 radical (unpaired) electrons. The molecule has 2 nitrogen and oxygen atoms in total. The number of aryl methyl sites for hydroxylation is 1. The van der Waals surface area contributed by atoms with E-state index in [1.54, 1.807) is 6.07 Å². The molecule has 3 N–H and O–H groups in total. The van der Waals surface area contributed by atoms with Crippen LogP contribution >= 0.6 is 23.2 Å². The van der Waals surface area contributed by atoms with E-state index in [1.807, 2.05) is 12.1 Å². The number of aliphatic hydroxyl groups is 1. The van der Waals surface area contributed by atoms with Crippen molar-refractivity contribution in [1.29, 1.82) is 0 Å². The van der Waals surface area contributed by atoms with Crippen molar-refractivity contribution >= 4 is 23.2 Å².